The fourth-order valence-corrected chi connectivity index (χ4v) is 5.45. The van der Waals surface area contributed by atoms with Gasteiger partial charge in [-0.1, -0.05) is 29.8 Å². The molecule has 2 aliphatic rings. The van der Waals surface area contributed by atoms with Gasteiger partial charge in [-0.3, -0.25) is 14.6 Å². The molecular formula is C21H24ClN5O2S2. The van der Waals surface area contributed by atoms with Crippen LogP contribution in [0.5, 0.6) is 0 Å². The first-order chi connectivity index (χ1) is 15.0. The van der Waals surface area contributed by atoms with E-state index in [0.717, 1.165) is 54.0 Å². The lowest BCUT2D eigenvalue weighted by Crippen LogP contribution is -2.54. The molecule has 1 aliphatic carbocycles. The number of thiophene rings is 1. The zero-order chi connectivity index (χ0) is 21.5. The van der Waals surface area contributed by atoms with Crippen molar-refractivity contribution in [3.63, 3.8) is 0 Å². The molecule has 1 aliphatic heterocycles. The van der Waals surface area contributed by atoms with E-state index in [1.54, 1.807) is 16.0 Å². The number of carbonyl (C=O) groups is 1. The highest BCUT2D eigenvalue weighted by atomic mass is 35.5. The number of piperazine rings is 1. The molecule has 3 heterocycles. The Balaban J connectivity index is 1.23. The van der Waals surface area contributed by atoms with Crippen LogP contribution in [0.15, 0.2) is 28.7 Å². The summed E-state index contributed by atoms with van der Waals surface area (Å²) in [5.41, 5.74) is 0. The molecule has 164 valence electrons. The molecule has 2 aromatic heterocycles. The number of amides is 1. The number of nitrogens with one attached hydrogen (secondary N) is 1. The van der Waals surface area contributed by atoms with Crippen LogP contribution in [-0.4, -0.2) is 63.8 Å². The van der Waals surface area contributed by atoms with Gasteiger partial charge in [0.2, 0.25) is 5.91 Å². The summed E-state index contributed by atoms with van der Waals surface area (Å²) in [4.78, 5) is 18.0. The largest absolute Gasteiger partial charge is 0.408 e. The molecule has 1 saturated heterocycles. The topological polar surface area (TPSA) is 66.5 Å². The normalized spacial score (nSPS) is 19.0. The number of hydrogen-bond donors (Lipinski definition) is 1. The standard InChI is InChI=1S/C21H24ClN5O2S2/c1-13(19(28)23-14-6-7-14)26-10-8-25(9-11-26)12-27-21(30)29-20(24-27)18-17(22)15-4-2-3-5-16(15)31-18/h2-5,13-14H,6-12H2,1H3,(H,23,28). The molecule has 1 amide bonds. The number of fused-ring (bicyclic) bond motifs is 1. The number of rotatable bonds is 6. The zero-order valence-electron chi connectivity index (χ0n) is 17.2. The third-order valence-electron chi connectivity index (χ3n) is 5.93. The third kappa shape index (κ3) is 4.42. The maximum Gasteiger partial charge on any atom is 0.288 e. The van der Waals surface area contributed by atoms with Crippen molar-refractivity contribution in [3.8, 4) is 10.8 Å². The lowest BCUT2D eigenvalue weighted by atomic mass is 10.2. The summed E-state index contributed by atoms with van der Waals surface area (Å²) in [5, 5.41) is 9.35. The van der Waals surface area contributed by atoms with Crippen LogP contribution in [-0.2, 0) is 11.5 Å². The van der Waals surface area contributed by atoms with Crippen LogP contribution in [0.25, 0.3) is 20.9 Å². The van der Waals surface area contributed by atoms with Gasteiger partial charge in [-0.25, -0.2) is 4.68 Å². The van der Waals surface area contributed by atoms with Gasteiger partial charge in [0.05, 0.1) is 17.7 Å². The number of aromatic nitrogens is 2. The first-order valence-corrected chi connectivity index (χ1v) is 12.1. The lowest BCUT2D eigenvalue weighted by Gasteiger charge is -2.37. The molecule has 0 spiro atoms. The molecule has 1 saturated carbocycles. The maximum atomic E-state index is 12.3. The highest BCUT2D eigenvalue weighted by Crippen LogP contribution is 2.41. The van der Waals surface area contributed by atoms with Crippen LogP contribution in [0.1, 0.15) is 19.8 Å². The molecule has 1 N–H and O–H groups in total. The summed E-state index contributed by atoms with van der Waals surface area (Å²) in [5.74, 6) is 0.597. The molecule has 1 unspecified atom stereocenters. The van der Waals surface area contributed by atoms with E-state index in [0.29, 0.717) is 28.5 Å². The summed E-state index contributed by atoms with van der Waals surface area (Å²) in [6, 6.07) is 8.28. The van der Waals surface area contributed by atoms with Gasteiger partial charge in [0, 0.05) is 42.3 Å². The van der Waals surface area contributed by atoms with Crippen LogP contribution in [0, 0.1) is 4.84 Å². The lowest BCUT2D eigenvalue weighted by molar-refractivity contribution is -0.126. The SMILES string of the molecule is CC(C(=O)NC1CC1)N1CCN(Cn2nc(-c3sc4ccccc4c3Cl)oc2=S)CC1. The number of carbonyl (C=O) groups excluding carboxylic acids is 1. The van der Waals surface area contributed by atoms with Gasteiger partial charge in [0.15, 0.2) is 0 Å². The molecule has 5 rings (SSSR count). The predicted molar refractivity (Wildman–Crippen MR) is 125 cm³/mol. The van der Waals surface area contributed by atoms with Crippen molar-refractivity contribution in [2.24, 2.45) is 0 Å². The van der Waals surface area contributed by atoms with E-state index < -0.39 is 0 Å². The Labute approximate surface area is 194 Å². The van der Waals surface area contributed by atoms with Crippen LogP contribution in [0.3, 0.4) is 0 Å². The average molecular weight is 478 g/mol. The molecule has 1 atom stereocenters. The minimum Gasteiger partial charge on any atom is -0.408 e. The van der Waals surface area contributed by atoms with Gasteiger partial charge in [-0.05, 0) is 38.0 Å². The quantitative estimate of drug-likeness (QED) is 0.541. The minimum atomic E-state index is -0.0985. The number of halogens is 1. The van der Waals surface area contributed by atoms with Crippen molar-refractivity contribution in [2.75, 3.05) is 26.2 Å². The fourth-order valence-electron chi connectivity index (χ4n) is 3.84. The molecule has 1 aromatic carbocycles. The molecule has 31 heavy (non-hydrogen) atoms. The summed E-state index contributed by atoms with van der Waals surface area (Å²) in [7, 11) is 0. The first-order valence-electron chi connectivity index (χ1n) is 10.5. The van der Waals surface area contributed by atoms with Gasteiger partial charge in [-0.15, -0.1) is 16.4 Å². The van der Waals surface area contributed by atoms with Crippen molar-refractivity contribution >= 4 is 51.1 Å². The molecule has 10 heteroatoms. The Morgan fingerprint density at radius 2 is 2.06 bits per heavy atom. The van der Waals surface area contributed by atoms with Gasteiger partial charge in [0.25, 0.3) is 10.7 Å². The van der Waals surface area contributed by atoms with Crippen molar-refractivity contribution < 1.29 is 9.21 Å². The Bertz CT molecular complexity index is 1160. The first kappa shape index (κ1) is 21.1. The average Bonchev–Trinajstić information content (AvgIpc) is 3.43. The number of benzene rings is 1. The Morgan fingerprint density at radius 1 is 1.32 bits per heavy atom. The van der Waals surface area contributed by atoms with Gasteiger partial charge < -0.3 is 9.73 Å². The van der Waals surface area contributed by atoms with E-state index in [4.69, 9.17) is 28.2 Å². The van der Waals surface area contributed by atoms with E-state index in [9.17, 15) is 4.79 Å². The molecule has 0 bridgehead atoms. The molecule has 3 aromatic rings. The Kier molecular flexibility index (Phi) is 5.87. The van der Waals surface area contributed by atoms with Crippen LogP contribution in [0.2, 0.25) is 5.02 Å². The molecular weight excluding hydrogens is 454 g/mol. The van der Waals surface area contributed by atoms with Crippen molar-refractivity contribution in [1.82, 2.24) is 24.9 Å². The smallest absolute Gasteiger partial charge is 0.288 e. The number of hydrogen-bond acceptors (Lipinski definition) is 7. The van der Waals surface area contributed by atoms with Crippen molar-refractivity contribution in [1.29, 1.82) is 0 Å². The fraction of sp³-hybridized carbons (Fsp3) is 0.476. The van der Waals surface area contributed by atoms with Crippen molar-refractivity contribution in [2.45, 2.75) is 38.5 Å². The summed E-state index contributed by atoms with van der Waals surface area (Å²) in [6.07, 6.45) is 2.22. The number of nitrogens with zero attached hydrogens (tertiary/aromatic N) is 4. The van der Waals surface area contributed by atoms with E-state index in [2.05, 4.69) is 20.2 Å². The predicted octanol–water partition coefficient (Wildman–Crippen LogP) is 3.98. The Hall–Kier alpha value is -1.78. The second-order valence-electron chi connectivity index (χ2n) is 8.17. The molecule has 0 radical (unpaired) electrons. The van der Waals surface area contributed by atoms with Gasteiger partial charge in [0.1, 0.15) is 4.88 Å². The van der Waals surface area contributed by atoms with E-state index in [1.807, 2.05) is 31.2 Å². The maximum absolute atomic E-state index is 12.3. The second kappa shape index (κ2) is 8.63. The van der Waals surface area contributed by atoms with Crippen LogP contribution < -0.4 is 5.32 Å². The highest BCUT2D eigenvalue weighted by molar-refractivity contribution is 7.71. The monoisotopic (exact) mass is 477 g/mol. The Morgan fingerprint density at radius 3 is 2.77 bits per heavy atom. The van der Waals surface area contributed by atoms with Crippen LogP contribution in [0.4, 0.5) is 0 Å². The zero-order valence-corrected chi connectivity index (χ0v) is 19.6. The van der Waals surface area contributed by atoms with Gasteiger partial charge >= 0.3 is 0 Å². The summed E-state index contributed by atoms with van der Waals surface area (Å²) < 4.78 is 8.59. The van der Waals surface area contributed by atoms with Gasteiger partial charge in [-0.2, -0.15) is 0 Å². The molecule has 7 nitrogen and oxygen atoms in total. The van der Waals surface area contributed by atoms with Crippen molar-refractivity contribution in [3.05, 3.63) is 34.1 Å². The van der Waals surface area contributed by atoms with E-state index in [-0.39, 0.29) is 11.9 Å². The highest BCUT2D eigenvalue weighted by Gasteiger charge is 2.30. The van der Waals surface area contributed by atoms with E-state index >= 15 is 0 Å². The third-order valence-corrected chi connectivity index (χ3v) is 7.88. The molecule has 2 fully saturated rings. The van der Waals surface area contributed by atoms with Crippen LogP contribution >= 0.6 is 35.2 Å². The minimum absolute atomic E-state index is 0.0985. The van der Waals surface area contributed by atoms with E-state index in [1.165, 1.54) is 0 Å². The summed E-state index contributed by atoms with van der Waals surface area (Å²) in [6.45, 7) is 5.89. The summed E-state index contributed by atoms with van der Waals surface area (Å²) >= 11 is 13.5. The second-order valence-corrected chi connectivity index (χ2v) is 9.95.